The maximum absolute atomic E-state index is 3.57. The number of rotatable bonds is 0. The van der Waals surface area contributed by atoms with Crippen molar-refractivity contribution < 1.29 is 0 Å². The second-order valence-electron chi connectivity index (χ2n) is 10.9. The number of fused-ring (bicyclic) bond motifs is 6. The molecule has 0 aliphatic heterocycles. The molecule has 2 aromatic heterocycles. The summed E-state index contributed by atoms with van der Waals surface area (Å²) in [6, 6.07) is 14.2. The van der Waals surface area contributed by atoms with Crippen LogP contribution in [-0.2, 0) is 10.8 Å². The van der Waals surface area contributed by atoms with Gasteiger partial charge in [0, 0.05) is 44.7 Å². The number of nitrogens with one attached hydrogen (secondary N) is 2. The van der Waals surface area contributed by atoms with Gasteiger partial charge in [0.05, 0.1) is 11.0 Å². The third-order valence-corrected chi connectivity index (χ3v) is 6.87. The van der Waals surface area contributed by atoms with Gasteiger partial charge < -0.3 is 9.97 Å². The van der Waals surface area contributed by atoms with E-state index in [4.69, 9.17) is 0 Å². The average molecular weight is 393 g/mol. The van der Waals surface area contributed by atoms with Crippen molar-refractivity contribution in [3.63, 3.8) is 0 Å². The molecule has 150 valence electrons. The number of hydrogen-bond acceptors (Lipinski definition) is 0. The van der Waals surface area contributed by atoms with Crippen molar-refractivity contribution >= 4 is 54.1 Å². The summed E-state index contributed by atoms with van der Waals surface area (Å²) in [5.41, 5.74) is 5.43. The fourth-order valence-corrected chi connectivity index (χ4v) is 5.14. The first-order valence-electron chi connectivity index (χ1n) is 10.9. The summed E-state index contributed by atoms with van der Waals surface area (Å²) in [7, 11) is 0. The zero-order valence-corrected chi connectivity index (χ0v) is 18.6. The third-order valence-electron chi connectivity index (χ3n) is 6.87. The van der Waals surface area contributed by atoms with Crippen LogP contribution in [0.25, 0.3) is 54.1 Å². The SMILES string of the molecule is CC(C)(C)c1cc2c3cc[nH]c3c3cc(C(C)(C)C)cc4c5cc[nH]c5c(c1)c2c43. The van der Waals surface area contributed by atoms with Crippen LogP contribution in [0.4, 0.5) is 0 Å². The minimum atomic E-state index is 0.0887. The predicted molar refractivity (Wildman–Crippen MR) is 131 cm³/mol. The van der Waals surface area contributed by atoms with Crippen molar-refractivity contribution in [2.75, 3.05) is 0 Å². The lowest BCUT2D eigenvalue weighted by Gasteiger charge is -2.24. The monoisotopic (exact) mass is 392 g/mol. The summed E-state index contributed by atoms with van der Waals surface area (Å²) < 4.78 is 0. The van der Waals surface area contributed by atoms with Crippen LogP contribution in [0.3, 0.4) is 0 Å². The molecule has 0 saturated carbocycles. The standard InChI is InChI=1S/C28H28N2/c1-27(2,3)15-11-19-17-7-9-30-26(17)22-14-16(28(4,5)6)12-20-18-8-10-29-25(18)21(13-15)23(19)24(20)22/h7-14,29-30H,1-6H3. The van der Waals surface area contributed by atoms with Crippen molar-refractivity contribution in [1.29, 1.82) is 0 Å². The molecule has 0 atom stereocenters. The highest BCUT2D eigenvalue weighted by atomic mass is 14.7. The molecular weight excluding hydrogens is 364 g/mol. The van der Waals surface area contributed by atoms with Crippen molar-refractivity contribution in [1.82, 2.24) is 9.97 Å². The molecule has 0 fully saturated rings. The number of aromatic amines is 2. The molecule has 0 saturated heterocycles. The molecule has 0 spiro atoms. The van der Waals surface area contributed by atoms with Gasteiger partial charge in [-0.05, 0) is 69.1 Å². The molecule has 4 aromatic carbocycles. The fraction of sp³-hybridized carbons (Fsp3) is 0.286. The Morgan fingerprint density at radius 3 is 1.23 bits per heavy atom. The van der Waals surface area contributed by atoms with E-state index < -0.39 is 0 Å². The minimum Gasteiger partial charge on any atom is -0.361 e. The van der Waals surface area contributed by atoms with Crippen LogP contribution >= 0.6 is 0 Å². The van der Waals surface area contributed by atoms with Gasteiger partial charge in [0.15, 0.2) is 0 Å². The molecule has 2 heteroatoms. The van der Waals surface area contributed by atoms with Gasteiger partial charge in [0.1, 0.15) is 0 Å². The zero-order valence-electron chi connectivity index (χ0n) is 18.6. The highest BCUT2D eigenvalue weighted by molar-refractivity contribution is 6.39. The first-order chi connectivity index (χ1) is 14.1. The van der Waals surface area contributed by atoms with Gasteiger partial charge in [0.25, 0.3) is 0 Å². The van der Waals surface area contributed by atoms with E-state index in [1.165, 1.54) is 65.3 Å². The van der Waals surface area contributed by atoms with Gasteiger partial charge in [-0.2, -0.15) is 0 Å². The average Bonchev–Trinajstić information content (AvgIpc) is 3.35. The molecule has 0 unspecified atom stereocenters. The molecular formula is C28H28N2. The number of benzene rings is 4. The van der Waals surface area contributed by atoms with Crippen molar-refractivity contribution in [3.8, 4) is 0 Å². The first kappa shape index (κ1) is 17.8. The van der Waals surface area contributed by atoms with Crippen molar-refractivity contribution in [3.05, 3.63) is 59.9 Å². The molecule has 6 rings (SSSR count). The van der Waals surface area contributed by atoms with Gasteiger partial charge in [0.2, 0.25) is 0 Å². The summed E-state index contributed by atoms with van der Waals surface area (Å²) in [5.74, 6) is 0. The van der Waals surface area contributed by atoms with E-state index in [1.807, 2.05) is 0 Å². The Morgan fingerprint density at radius 2 is 0.867 bits per heavy atom. The van der Waals surface area contributed by atoms with Gasteiger partial charge in [-0.3, -0.25) is 0 Å². The third kappa shape index (κ3) is 2.19. The van der Waals surface area contributed by atoms with Gasteiger partial charge in [-0.25, -0.2) is 0 Å². The highest BCUT2D eigenvalue weighted by Gasteiger charge is 2.24. The lowest BCUT2D eigenvalue weighted by Crippen LogP contribution is -2.12. The fourth-order valence-electron chi connectivity index (χ4n) is 5.14. The molecule has 2 heterocycles. The number of aromatic nitrogens is 2. The van der Waals surface area contributed by atoms with Gasteiger partial charge in [-0.15, -0.1) is 0 Å². The Hall–Kier alpha value is -3.00. The Labute approximate surface area is 176 Å². The lowest BCUT2D eigenvalue weighted by atomic mass is 9.79. The van der Waals surface area contributed by atoms with Crippen LogP contribution in [0.5, 0.6) is 0 Å². The molecule has 0 bridgehead atoms. The van der Waals surface area contributed by atoms with E-state index in [1.54, 1.807) is 0 Å². The summed E-state index contributed by atoms with van der Waals surface area (Å²) in [4.78, 5) is 7.14. The minimum absolute atomic E-state index is 0.0887. The van der Waals surface area contributed by atoms with E-state index in [9.17, 15) is 0 Å². The van der Waals surface area contributed by atoms with Gasteiger partial charge >= 0.3 is 0 Å². The molecule has 2 N–H and O–H groups in total. The lowest BCUT2D eigenvalue weighted by molar-refractivity contribution is 0.591. The van der Waals surface area contributed by atoms with E-state index >= 15 is 0 Å². The Kier molecular flexibility index (Phi) is 3.19. The summed E-state index contributed by atoms with van der Waals surface area (Å²) in [6.45, 7) is 13.8. The first-order valence-corrected chi connectivity index (χ1v) is 10.9. The maximum Gasteiger partial charge on any atom is 0.0540 e. The molecule has 0 aliphatic rings. The smallest absolute Gasteiger partial charge is 0.0540 e. The largest absolute Gasteiger partial charge is 0.361 e. The molecule has 2 nitrogen and oxygen atoms in total. The maximum atomic E-state index is 3.57. The van der Waals surface area contributed by atoms with Crippen LogP contribution in [-0.4, -0.2) is 9.97 Å². The van der Waals surface area contributed by atoms with Crippen LogP contribution in [0.1, 0.15) is 52.7 Å². The topological polar surface area (TPSA) is 31.6 Å². The quantitative estimate of drug-likeness (QED) is 0.244. The molecule has 6 aromatic rings. The van der Waals surface area contributed by atoms with E-state index in [2.05, 4.69) is 100 Å². The number of hydrogen-bond donors (Lipinski definition) is 2. The van der Waals surface area contributed by atoms with E-state index in [0.29, 0.717) is 0 Å². The van der Waals surface area contributed by atoms with E-state index in [-0.39, 0.29) is 10.8 Å². The Bertz CT molecular complexity index is 1380. The second-order valence-corrected chi connectivity index (χ2v) is 10.9. The van der Waals surface area contributed by atoms with Crippen LogP contribution in [0.15, 0.2) is 48.8 Å². The molecule has 0 radical (unpaired) electrons. The Balaban J connectivity index is 2.00. The van der Waals surface area contributed by atoms with E-state index in [0.717, 1.165) is 0 Å². The molecule has 30 heavy (non-hydrogen) atoms. The zero-order chi connectivity index (χ0) is 21.0. The second kappa shape index (κ2) is 5.37. The Morgan fingerprint density at radius 1 is 0.500 bits per heavy atom. The predicted octanol–water partition coefficient (Wildman–Crippen LogP) is 8.14. The van der Waals surface area contributed by atoms with Crippen LogP contribution in [0.2, 0.25) is 0 Å². The normalized spacial score (nSPS) is 13.7. The van der Waals surface area contributed by atoms with Crippen LogP contribution < -0.4 is 0 Å². The number of H-pyrrole nitrogens is 2. The van der Waals surface area contributed by atoms with Crippen molar-refractivity contribution in [2.24, 2.45) is 0 Å². The summed E-state index contributed by atoms with van der Waals surface area (Å²) in [5, 5.41) is 10.8. The molecule has 0 aliphatic carbocycles. The summed E-state index contributed by atoms with van der Waals surface area (Å²) in [6.07, 6.45) is 4.18. The summed E-state index contributed by atoms with van der Waals surface area (Å²) >= 11 is 0. The molecule has 0 amide bonds. The van der Waals surface area contributed by atoms with Crippen molar-refractivity contribution in [2.45, 2.75) is 52.4 Å². The van der Waals surface area contributed by atoms with Gasteiger partial charge in [-0.1, -0.05) is 41.5 Å². The van der Waals surface area contributed by atoms with Crippen LogP contribution in [0, 0.1) is 0 Å². The highest BCUT2D eigenvalue weighted by Crippen LogP contribution is 2.47.